The van der Waals surface area contributed by atoms with Gasteiger partial charge in [-0.1, -0.05) is 12.8 Å². The first-order valence-corrected chi connectivity index (χ1v) is 7.90. The molecule has 106 valence electrons. The van der Waals surface area contributed by atoms with E-state index in [0.717, 1.165) is 19.6 Å². The number of aliphatic imine (C=N–C) groups is 1. The molecule has 0 saturated heterocycles. The van der Waals surface area contributed by atoms with Gasteiger partial charge in [-0.25, -0.2) is 5.84 Å². The van der Waals surface area contributed by atoms with Crippen LogP contribution in [0.4, 0.5) is 0 Å². The quantitative estimate of drug-likeness (QED) is 0.222. The molecule has 1 fully saturated rings. The van der Waals surface area contributed by atoms with E-state index in [4.69, 9.17) is 10.6 Å². The SMILES string of the molecule is COCCCN=C(NN)NC1CCCCC1SC. The lowest BCUT2D eigenvalue weighted by molar-refractivity contribution is 0.197. The van der Waals surface area contributed by atoms with Gasteiger partial charge < -0.3 is 10.1 Å². The normalized spacial score (nSPS) is 24.9. The van der Waals surface area contributed by atoms with Crippen molar-refractivity contribution in [2.24, 2.45) is 10.8 Å². The van der Waals surface area contributed by atoms with E-state index >= 15 is 0 Å². The number of ether oxygens (including phenoxy) is 1. The van der Waals surface area contributed by atoms with Gasteiger partial charge in [0.25, 0.3) is 0 Å². The maximum atomic E-state index is 5.51. The second-order valence-electron chi connectivity index (χ2n) is 4.53. The van der Waals surface area contributed by atoms with E-state index in [1.807, 2.05) is 11.8 Å². The number of guanidine groups is 1. The van der Waals surface area contributed by atoms with Crippen LogP contribution in [0, 0.1) is 0 Å². The van der Waals surface area contributed by atoms with Gasteiger partial charge in [-0.05, 0) is 25.5 Å². The van der Waals surface area contributed by atoms with Crippen molar-refractivity contribution in [3.8, 4) is 0 Å². The summed E-state index contributed by atoms with van der Waals surface area (Å²) in [5.41, 5.74) is 2.66. The van der Waals surface area contributed by atoms with Crippen LogP contribution >= 0.6 is 11.8 Å². The molecule has 0 bridgehead atoms. The molecule has 0 aliphatic heterocycles. The topological polar surface area (TPSA) is 71.7 Å². The second kappa shape index (κ2) is 9.47. The fourth-order valence-corrected chi connectivity index (χ4v) is 3.19. The highest BCUT2D eigenvalue weighted by atomic mass is 32.2. The minimum Gasteiger partial charge on any atom is -0.385 e. The summed E-state index contributed by atoms with van der Waals surface area (Å²) in [6.07, 6.45) is 8.19. The van der Waals surface area contributed by atoms with E-state index in [1.54, 1.807) is 7.11 Å². The summed E-state index contributed by atoms with van der Waals surface area (Å²) in [4.78, 5) is 4.42. The second-order valence-corrected chi connectivity index (χ2v) is 5.61. The maximum Gasteiger partial charge on any atom is 0.205 e. The number of nitrogens with one attached hydrogen (secondary N) is 2. The molecule has 1 aliphatic rings. The van der Waals surface area contributed by atoms with Crippen molar-refractivity contribution in [2.45, 2.75) is 43.4 Å². The fraction of sp³-hybridized carbons (Fsp3) is 0.917. The lowest BCUT2D eigenvalue weighted by Gasteiger charge is -2.31. The van der Waals surface area contributed by atoms with Crippen LogP contribution < -0.4 is 16.6 Å². The molecule has 18 heavy (non-hydrogen) atoms. The van der Waals surface area contributed by atoms with Crippen LogP contribution in [0.1, 0.15) is 32.1 Å². The van der Waals surface area contributed by atoms with Gasteiger partial charge in [0.05, 0.1) is 0 Å². The van der Waals surface area contributed by atoms with Crippen LogP contribution in [0.25, 0.3) is 0 Å². The number of hydrogen-bond acceptors (Lipinski definition) is 4. The van der Waals surface area contributed by atoms with E-state index < -0.39 is 0 Å². The minimum absolute atomic E-state index is 0.478. The number of rotatable bonds is 6. The van der Waals surface area contributed by atoms with Crippen LogP contribution in [-0.2, 0) is 4.74 Å². The van der Waals surface area contributed by atoms with E-state index in [0.29, 0.717) is 17.3 Å². The Kier molecular flexibility index (Phi) is 8.20. The maximum absolute atomic E-state index is 5.51. The molecule has 0 spiro atoms. The molecule has 0 radical (unpaired) electrons. The summed E-state index contributed by atoms with van der Waals surface area (Å²) >= 11 is 1.93. The van der Waals surface area contributed by atoms with Crippen LogP contribution in [0.2, 0.25) is 0 Å². The summed E-state index contributed by atoms with van der Waals surface area (Å²) in [5.74, 6) is 6.22. The number of hydrogen-bond donors (Lipinski definition) is 3. The molecule has 0 heterocycles. The molecule has 1 saturated carbocycles. The molecular formula is C12H26N4OS. The first kappa shape index (κ1) is 15.6. The minimum atomic E-state index is 0.478. The third-order valence-corrected chi connectivity index (χ3v) is 4.41. The summed E-state index contributed by atoms with van der Waals surface area (Å²) in [7, 11) is 1.70. The first-order valence-electron chi connectivity index (χ1n) is 6.61. The van der Waals surface area contributed by atoms with Crippen LogP contribution in [0.3, 0.4) is 0 Å². The average molecular weight is 274 g/mol. The molecule has 1 rings (SSSR count). The molecule has 0 aromatic heterocycles. The van der Waals surface area contributed by atoms with Crippen molar-refractivity contribution in [1.29, 1.82) is 0 Å². The zero-order valence-corrected chi connectivity index (χ0v) is 12.3. The Morgan fingerprint density at radius 3 is 2.89 bits per heavy atom. The number of nitrogens with zero attached hydrogens (tertiary/aromatic N) is 1. The van der Waals surface area contributed by atoms with Gasteiger partial charge in [-0.3, -0.25) is 10.4 Å². The Morgan fingerprint density at radius 1 is 1.44 bits per heavy atom. The summed E-state index contributed by atoms with van der Waals surface area (Å²) in [5, 5.41) is 4.10. The number of nitrogens with two attached hydrogens (primary N) is 1. The number of methoxy groups -OCH3 is 1. The van der Waals surface area contributed by atoms with Gasteiger partial charge in [0.1, 0.15) is 0 Å². The molecule has 6 heteroatoms. The largest absolute Gasteiger partial charge is 0.385 e. The van der Waals surface area contributed by atoms with E-state index in [2.05, 4.69) is 22.0 Å². The fourth-order valence-electron chi connectivity index (χ4n) is 2.25. The first-order chi connectivity index (χ1) is 8.81. The van der Waals surface area contributed by atoms with Gasteiger partial charge >= 0.3 is 0 Å². The zero-order valence-electron chi connectivity index (χ0n) is 11.4. The molecule has 0 aromatic carbocycles. The van der Waals surface area contributed by atoms with Gasteiger partial charge in [0.15, 0.2) is 0 Å². The van der Waals surface area contributed by atoms with Crippen LogP contribution in [0.15, 0.2) is 4.99 Å². The Hall–Kier alpha value is -0.460. The highest BCUT2D eigenvalue weighted by Gasteiger charge is 2.24. The molecule has 5 nitrogen and oxygen atoms in total. The van der Waals surface area contributed by atoms with Gasteiger partial charge in [-0.15, -0.1) is 0 Å². The average Bonchev–Trinajstić information content (AvgIpc) is 2.42. The molecule has 4 N–H and O–H groups in total. The predicted molar refractivity (Wildman–Crippen MR) is 78.8 cm³/mol. The highest BCUT2D eigenvalue weighted by molar-refractivity contribution is 7.99. The Bertz CT molecular complexity index is 250. The van der Waals surface area contributed by atoms with E-state index in [9.17, 15) is 0 Å². The Morgan fingerprint density at radius 2 is 2.22 bits per heavy atom. The monoisotopic (exact) mass is 274 g/mol. The molecular weight excluding hydrogens is 248 g/mol. The Balaban J connectivity index is 2.40. The van der Waals surface area contributed by atoms with Crippen molar-refractivity contribution >= 4 is 17.7 Å². The molecule has 2 unspecified atom stereocenters. The molecule has 1 aliphatic carbocycles. The van der Waals surface area contributed by atoms with Crippen LogP contribution in [-0.4, -0.2) is 43.8 Å². The van der Waals surface area contributed by atoms with Crippen molar-refractivity contribution < 1.29 is 4.74 Å². The van der Waals surface area contributed by atoms with Crippen molar-refractivity contribution in [2.75, 3.05) is 26.5 Å². The third-order valence-electron chi connectivity index (χ3n) is 3.24. The molecule has 0 amide bonds. The summed E-state index contributed by atoms with van der Waals surface area (Å²) in [6, 6.07) is 0.478. The van der Waals surface area contributed by atoms with Gasteiger partial charge in [0.2, 0.25) is 5.96 Å². The lowest BCUT2D eigenvalue weighted by Crippen LogP contribution is -2.50. The van der Waals surface area contributed by atoms with Crippen molar-refractivity contribution in [3.05, 3.63) is 0 Å². The smallest absolute Gasteiger partial charge is 0.205 e. The summed E-state index contributed by atoms with van der Waals surface area (Å²) < 4.78 is 5.00. The summed E-state index contributed by atoms with van der Waals surface area (Å²) in [6.45, 7) is 1.47. The van der Waals surface area contributed by atoms with Crippen LogP contribution in [0.5, 0.6) is 0 Å². The molecule has 2 atom stereocenters. The standard InChI is InChI=1S/C12H26N4OS/c1-17-9-5-8-14-12(16-13)15-10-6-3-4-7-11(10)18-2/h10-11H,3-9,13H2,1-2H3,(H2,14,15,16). The third kappa shape index (κ3) is 5.46. The Labute approximate surface area is 114 Å². The van der Waals surface area contributed by atoms with Crippen molar-refractivity contribution in [3.63, 3.8) is 0 Å². The molecule has 0 aromatic rings. The number of thioether (sulfide) groups is 1. The van der Waals surface area contributed by atoms with Gasteiger partial charge in [0, 0.05) is 31.6 Å². The zero-order chi connectivity index (χ0) is 13.2. The van der Waals surface area contributed by atoms with E-state index in [-0.39, 0.29) is 0 Å². The van der Waals surface area contributed by atoms with Gasteiger partial charge in [-0.2, -0.15) is 11.8 Å². The predicted octanol–water partition coefficient (Wildman–Crippen LogP) is 1.11. The number of hydrazine groups is 1. The van der Waals surface area contributed by atoms with E-state index in [1.165, 1.54) is 25.7 Å². The van der Waals surface area contributed by atoms with Crippen molar-refractivity contribution in [1.82, 2.24) is 10.7 Å². The highest BCUT2D eigenvalue weighted by Crippen LogP contribution is 2.26. The lowest BCUT2D eigenvalue weighted by atomic mass is 9.95.